The maximum Gasteiger partial charge on any atom is 0.186 e. The first-order valence-corrected chi connectivity index (χ1v) is 4.67. The maximum absolute atomic E-state index is 11.4. The topological polar surface area (TPSA) is 55.8 Å². The van der Waals surface area contributed by atoms with Crippen molar-refractivity contribution in [3.8, 4) is 11.5 Å². The number of ether oxygens (including phenoxy) is 2. The van der Waals surface area contributed by atoms with Crippen LogP contribution in [0.5, 0.6) is 11.5 Å². The molecule has 0 heterocycles. The van der Waals surface area contributed by atoms with Crippen LogP contribution in [0.15, 0.2) is 18.2 Å². The molecular formula is C11H14O4. The number of ketones is 1. The minimum Gasteiger partial charge on any atom is -0.493 e. The van der Waals surface area contributed by atoms with Crippen LogP contribution in [0.4, 0.5) is 0 Å². The van der Waals surface area contributed by atoms with Crippen LogP contribution in [0.1, 0.15) is 23.7 Å². The lowest BCUT2D eigenvalue weighted by Gasteiger charge is -2.09. The summed E-state index contributed by atoms with van der Waals surface area (Å²) in [5, 5.41) is 8.62. The molecule has 4 nitrogen and oxygen atoms in total. The molecule has 0 aliphatic carbocycles. The molecule has 0 bridgehead atoms. The summed E-state index contributed by atoms with van der Waals surface area (Å²) in [7, 11) is 1.49. The SMILES string of the molecule is CCC(=O)c1ccc(OCO)c(OC)c1. The molecule has 82 valence electrons. The van der Waals surface area contributed by atoms with Gasteiger partial charge in [0.25, 0.3) is 0 Å². The molecule has 15 heavy (non-hydrogen) atoms. The van der Waals surface area contributed by atoms with Gasteiger partial charge in [-0.15, -0.1) is 0 Å². The summed E-state index contributed by atoms with van der Waals surface area (Å²) >= 11 is 0. The van der Waals surface area contributed by atoms with E-state index in [0.29, 0.717) is 23.5 Å². The van der Waals surface area contributed by atoms with Crippen LogP contribution in [0.25, 0.3) is 0 Å². The Morgan fingerprint density at radius 3 is 2.67 bits per heavy atom. The highest BCUT2D eigenvalue weighted by molar-refractivity contribution is 5.96. The minimum atomic E-state index is -0.419. The zero-order valence-electron chi connectivity index (χ0n) is 8.82. The maximum atomic E-state index is 11.4. The lowest BCUT2D eigenvalue weighted by Crippen LogP contribution is -2.01. The average Bonchev–Trinajstić information content (AvgIpc) is 2.29. The van der Waals surface area contributed by atoms with Crippen LogP contribution in [0, 0.1) is 0 Å². The van der Waals surface area contributed by atoms with Crippen molar-refractivity contribution < 1.29 is 19.4 Å². The first kappa shape index (κ1) is 11.5. The van der Waals surface area contributed by atoms with E-state index in [1.54, 1.807) is 25.1 Å². The Bertz CT molecular complexity index is 346. The summed E-state index contributed by atoms with van der Waals surface area (Å²) in [6.45, 7) is 1.38. The lowest BCUT2D eigenvalue weighted by molar-refractivity contribution is 0.0952. The van der Waals surface area contributed by atoms with Crippen LogP contribution >= 0.6 is 0 Å². The predicted octanol–water partition coefficient (Wildman–Crippen LogP) is 1.62. The smallest absolute Gasteiger partial charge is 0.186 e. The van der Waals surface area contributed by atoms with E-state index in [1.807, 2.05) is 0 Å². The second-order valence-corrected chi connectivity index (χ2v) is 2.92. The van der Waals surface area contributed by atoms with Gasteiger partial charge in [0.1, 0.15) is 0 Å². The number of hydrogen-bond donors (Lipinski definition) is 1. The average molecular weight is 210 g/mol. The van der Waals surface area contributed by atoms with Gasteiger partial charge < -0.3 is 14.6 Å². The van der Waals surface area contributed by atoms with Gasteiger partial charge in [0.15, 0.2) is 24.1 Å². The molecule has 0 saturated carbocycles. The third-order valence-corrected chi connectivity index (χ3v) is 2.03. The summed E-state index contributed by atoms with van der Waals surface area (Å²) in [5.74, 6) is 0.917. The molecule has 0 saturated heterocycles. The standard InChI is InChI=1S/C11H14O4/c1-3-9(13)8-4-5-10(15-7-12)11(6-8)14-2/h4-6,12H,3,7H2,1-2H3. The number of hydrogen-bond acceptors (Lipinski definition) is 4. The monoisotopic (exact) mass is 210 g/mol. The molecule has 1 rings (SSSR count). The Balaban J connectivity index is 3.01. The number of Topliss-reactive ketones (excluding diaryl/α,β-unsaturated/α-hetero) is 1. The molecule has 0 spiro atoms. The van der Waals surface area contributed by atoms with E-state index >= 15 is 0 Å². The Morgan fingerprint density at radius 1 is 1.40 bits per heavy atom. The molecule has 0 atom stereocenters. The van der Waals surface area contributed by atoms with Gasteiger partial charge in [0.05, 0.1) is 7.11 Å². The van der Waals surface area contributed by atoms with E-state index in [9.17, 15) is 4.79 Å². The van der Waals surface area contributed by atoms with Gasteiger partial charge in [-0.25, -0.2) is 0 Å². The van der Waals surface area contributed by atoms with Crippen molar-refractivity contribution in [2.75, 3.05) is 13.9 Å². The van der Waals surface area contributed by atoms with Crippen molar-refractivity contribution in [2.45, 2.75) is 13.3 Å². The fraction of sp³-hybridized carbons (Fsp3) is 0.364. The molecule has 0 amide bonds. The molecule has 1 aromatic rings. The van der Waals surface area contributed by atoms with Crippen molar-refractivity contribution in [3.63, 3.8) is 0 Å². The van der Waals surface area contributed by atoms with E-state index < -0.39 is 6.79 Å². The number of aliphatic hydroxyl groups excluding tert-OH is 1. The second kappa shape index (κ2) is 5.36. The summed E-state index contributed by atoms with van der Waals surface area (Å²) in [4.78, 5) is 11.4. The molecule has 0 aliphatic heterocycles. The number of carbonyl (C=O) groups is 1. The largest absolute Gasteiger partial charge is 0.493 e. The van der Waals surface area contributed by atoms with Gasteiger partial charge in [-0.1, -0.05) is 6.92 Å². The molecule has 1 aromatic carbocycles. The molecule has 0 radical (unpaired) electrons. The summed E-state index contributed by atoms with van der Waals surface area (Å²) < 4.78 is 9.96. The van der Waals surface area contributed by atoms with Crippen LogP contribution in [-0.2, 0) is 0 Å². The van der Waals surface area contributed by atoms with Crippen LogP contribution < -0.4 is 9.47 Å². The van der Waals surface area contributed by atoms with Crippen LogP contribution in [-0.4, -0.2) is 24.8 Å². The third kappa shape index (κ3) is 2.70. The molecule has 0 unspecified atom stereocenters. The summed E-state index contributed by atoms with van der Waals surface area (Å²) in [6, 6.07) is 4.87. The van der Waals surface area contributed by atoms with E-state index in [4.69, 9.17) is 14.6 Å². The van der Waals surface area contributed by atoms with Gasteiger partial charge in [-0.2, -0.15) is 0 Å². The highest BCUT2D eigenvalue weighted by atomic mass is 16.6. The van der Waals surface area contributed by atoms with Gasteiger partial charge >= 0.3 is 0 Å². The third-order valence-electron chi connectivity index (χ3n) is 2.03. The normalized spacial score (nSPS) is 9.80. The van der Waals surface area contributed by atoms with E-state index in [-0.39, 0.29) is 5.78 Å². The molecule has 0 fully saturated rings. The van der Waals surface area contributed by atoms with Gasteiger partial charge in [0, 0.05) is 12.0 Å². The zero-order chi connectivity index (χ0) is 11.3. The highest BCUT2D eigenvalue weighted by Crippen LogP contribution is 2.28. The van der Waals surface area contributed by atoms with E-state index in [0.717, 1.165) is 0 Å². The first-order chi connectivity index (χ1) is 7.22. The Labute approximate surface area is 88.4 Å². The van der Waals surface area contributed by atoms with E-state index in [1.165, 1.54) is 7.11 Å². The molecule has 1 N–H and O–H groups in total. The molecular weight excluding hydrogens is 196 g/mol. The quantitative estimate of drug-likeness (QED) is 0.592. The zero-order valence-corrected chi connectivity index (χ0v) is 8.82. The van der Waals surface area contributed by atoms with Crippen LogP contribution in [0.2, 0.25) is 0 Å². The Hall–Kier alpha value is -1.55. The number of benzene rings is 1. The number of rotatable bonds is 5. The van der Waals surface area contributed by atoms with Gasteiger partial charge in [-0.3, -0.25) is 4.79 Å². The van der Waals surface area contributed by atoms with Gasteiger partial charge in [0.2, 0.25) is 0 Å². The number of methoxy groups -OCH3 is 1. The Kier molecular flexibility index (Phi) is 4.12. The lowest BCUT2D eigenvalue weighted by atomic mass is 10.1. The van der Waals surface area contributed by atoms with Gasteiger partial charge in [-0.05, 0) is 18.2 Å². The van der Waals surface area contributed by atoms with Crippen molar-refractivity contribution in [1.29, 1.82) is 0 Å². The molecule has 0 aliphatic rings. The van der Waals surface area contributed by atoms with Crippen LogP contribution in [0.3, 0.4) is 0 Å². The van der Waals surface area contributed by atoms with Crippen molar-refractivity contribution in [3.05, 3.63) is 23.8 Å². The van der Waals surface area contributed by atoms with Crippen molar-refractivity contribution >= 4 is 5.78 Å². The minimum absolute atomic E-state index is 0.0452. The second-order valence-electron chi connectivity index (χ2n) is 2.92. The number of carbonyl (C=O) groups excluding carboxylic acids is 1. The van der Waals surface area contributed by atoms with Crippen molar-refractivity contribution in [2.24, 2.45) is 0 Å². The summed E-state index contributed by atoms with van der Waals surface area (Å²) in [6.07, 6.45) is 0.448. The fourth-order valence-electron chi connectivity index (χ4n) is 1.23. The molecule has 4 heteroatoms. The highest BCUT2D eigenvalue weighted by Gasteiger charge is 2.09. The number of aliphatic hydroxyl groups is 1. The summed E-state index contributed by atoms with van der Waals surface area (Å²) in [5.41, 5.74) is 0.583. The van der Waals surface area contributed by atoms with Crippen molar-refractivity contribution in [1.82, 2.24) is 0 Å². The predicted molar refractivity (Wildman–Crippen MR) is 55.3 cm³/mol. The first-order valence-electron chi connectivity index (χ1n) is 4.67. The molecule has 0 aromatic heterocycles. The fourth-order valence-corrected chi connectivity index (χ4v) is 1.23. The van der Waals surface area contributed by atoms with E-state index in [2.05, 4.69) is 0 Å². The Morgan fingerprint density at radius 2 is 2.13 bits per heavy atom.